The maximum Gasteiger partial charge on any atom is 0.344 e. The molecule has 0 saturated carbocycles. The van der Waals surface area contributed by atoms with Crippen molar-refractivity contribution in [2.75, 3.05) is 13.2 Å². The molecule has 0 aliphatic heterocycles. The summed E-state index contributed by atoms with van der Waals surface area (Å²) < 4.78 is 9.98. The molecule has 1 amide bonds. The molecule has 31 heavy (non-hydrogen) atoms. The van der Waals surface area contributed by atoms with E-state index < -0.39 is 35.6 Å². The molecule has 0 heterocycles. The van der Waals surface area contributed by atoms with Gasteiger partial charge in [-0.2, -0.15) is 0 Å². The van der Waals surface area contributed by atoms with Crippen LogP contribution in [0.2, 0.25) is 0 Å². The van der Waals surface area contributed by atoms with Gasteiger partial charge in [-0.1, -0.05) is 54.6 Å². The van der Waals surface area contributed by atoms with Crippen LogP contribution in [0, 0.1) is 0 Å². The van der Waals surface area contributed by atoms with Crippen LogP contribution in [0.4, 0.5) is 0 Å². The summed E-state index contributed by atoms with van der Waals surface area (Å²) in [5.41, 5.74) is 0.208. The third-order valence-electron chi connectivity index (χ3n) is 4.59. The molecular weight excluding hydrogens is 398 g/mol. The van der Waals surface area contributed by atoms with Crippen molar-refractivity contribution >= 4 is 23.6 Å². The number of carbonyl (C=O) groups excluding carboxylic acids is 4. The Morgan fingerprint density at radius 3 is 1.81 bits per heavy atom. The summed E-state index contributed by atoms with van der Waals surface area (Å²) in [5.74, 6) is -3.22. The summed E-state index contributed by atoms with van der Waals surface area (Å²) >= 11 is 0. The smallest absolute Gasteiger partial charge is 0.344 e. The highest BCUT2D eigenvalue weighted by Crippen LogP contribution is 2.21. The molecule has 164 valence electrons. The Hall–Kier alpha value is -3.48. The summed E-state index contributed by atoms with van der Waals surface area (Å²) in [5, 5.41) is 2.30. The molecule has 0 aromatic heterocycles. The molecule has 0 unspecified atom stereocenters. The highest BCUT2D eigenvalue weighted by molar-refractivity contribution is 6.13. The van der Waals surface area contributed by atoms with Crippen molar-refractivity contribution in [1.29, 1.82) is 0 Å². The van der Waals surface area contributed by atoms with Crippen molar-refractivity contribution < 1.29 is 28.7 Å². The van der Waals surface area contributed by atoms with E-state index in [2.05, 4.69) is 5.32 Å². The van der Waals surface area contributed by atoms with Gasteiger partial charge in [-0.3, -0.25) is 9.59 Å². The van der Waals surface area contributed by atoms with Crippen LogP contribution in [0.5, 0.6) is 0 Å². The third kappa shape index (κ3) is 6.25. The molecule has 0 spiro atoms. The van der Waals surface area contributed by atoms with Gasteiger partial charge < -0.3 is 14.8 Å². The standard InChI is InChI=1S/C24H27NO6/c1-4-30-22(28)24(25-17(3)26,23(29)31-5-2)16-21(27)20-13-11-19(12-14-20)15-18-9-7-6-8-10-18/h6-14H,4-5,15-16H2,1-3H3,(H,25,26). The van der Waals surface area contributed by atoms with E-state index in [-0.39, 0.29) is 13.2 Å². The number of amides is 1. The quantitative estimate of drug-likeness (QED) is 0.357. The Bertz CT molecular complexity index is 903. The number of Topliss-reactive ketones (excluding diaryl/α,β-unsaturated/α-hetero) is 1. The summed E-state index contributed by atoms with van der Waals surface area (Å²) in [6, 6.07) is 16.8. The topological polar surface area (TPSA) is 98.8 Å². The zero-order chi connectivity index (χ0) is 22.9. The molecule has 0 aliphatic carbocycles. The van der Waals surface area contributed by atoms with E-state index in [1.54, 1.807) is 26.0 Å². The van der Waals surface area contributed by atoms with Crippen molar-refractivity contribution in [3.8, 4) is 0 Å². The Morgan fingerprint density at radius 1 is 0.806 bits per heavy atom. The largest absolute Gasteiger partial charge is 0.464 e. The molecule has 7 nitrogen and oxygen atoms in total. The highest BCUT2D eigenvalue weighted by atomic mass is 16.6. The van der Waals surface area contributed by atoms with E-state index in [1.165, 1.54) is 0 Å². The second-order valence-electron chi connectivity index (χ2n) is 6.99. The van der Waals surface area contributed by atoms with E-state index in [0.29, 0.717) is 12.0 Å². The number of ether oxygens (including phenoxy) is 2. The molecule has 0 fully saturated rings. The van der Waals surface area contributed by atoms with Crippen LogP contribution in [-0.4, -0.2) is 42.4 Å². The Morgan fingerprint density at radius 2 is 1.32 bits per heavy atom. The maximum absolute atomic E-state index is 13.0. The number of ketones is 1. The van der Waals surface area contributed by atoms with Gasteiger partial charge in [0.15, 0.2) is 5.78 Å². The van der Waals surface area contributed by atoms with Gasteiger partial charge in [-0.25, -0.2) is 9.59 Å². The molecule has 0 radical (unpaired) electrons. The molecule has 0 bridgehead atoms. The zero-order valence-electron chi connectivity index (χ0n) is 18.0. The van der Waals surface area contributed by atoms with Crippen LogP contribution in [-0.2, 0) is 30.3 Å². The lowest BCUT2D eigenvalue weighted by molar-refractivity contribution is -0.167. The number of benzene rings is 2. The predicted molar refractivity (Wildman–Crippen MR) is 114 cm³/mol. The number of esters is 2. The summed E-state index contributed by atoms with van der Waals surface area (Å²) in [6.45, 7) is 4.23. The number of carbonyl (C=O) groups is 4. The molecular formula is C24H27NO6. The van der Waals surface area contributed by atoms with Crippen molar-refractivity contribution in [2.24, 2.45) is 0 Å². The van der Waals surface area contributed by atoms with Crippen LogP contribution in [0.1, 0.15) is 48.7 Å². The SMILES string of the molecule is CCOC(=O)C(CC(=O)c1ccc(Cc2ccccc2)cc1)(NC(C)=O)C(=O)OCC. The summed E-state index contributed by atoms with van der Waals surface area (Å²) in [7, 11) is 0. The molecule has 2 aromatic carbocycles. The predicted octanol–water partition coefficient (Wildman–Crippen LogP) is 2.85. The van der Waals surface area contributed by atoms with Gasteiger partial charge in [-0.15, -0.1) is 0 Å². The van der Waals surface area contributed by atoms with E-state index in [0.717, 1.165) is 18.1 Å². The lowest BCUT2D eigenvalue weighted by atomic mass is 9.89. The van der Waals surface area contributed by atoms with Gasteiger partial charge in [0.2, 0.25) is 11.4 Å². The van der Waals surface area contributed by atoms with Crippen molar-refractivity contribution in [1.82, 2.24) is 5.32 Å². The van der Waals surface area contributed by atoms with Gasteiger partial charge in [0, 0.05) is 12.5 Å². The van der Waals surface area contributed by atoms with Gasteiger partial charge in [0.1, 0.15) is 0 Å². The Labute approximate surface area is 181 Å². The van der Waals surface area contributed by atoms with Crippen LogP contribution < -0.4 is 5.32 Å². The normalized spacial score (nSPS) is 10.8. The van der Waals surface area contributed by atoms with E-state index in [1.807, 2.05) is 42.5 Å². The minimum atomic E-state index is -2.24. The van der Waals surface area contributed by atoms with Crippen LogP contribution in [0.25, 0.3) is 0 Å². The zero-order valence-corrected chi connectivity index (χ0v) is 18.0. The van der Waals surface area contributed by atoms with Crippen LogP contribution >= 0.6 is 0 Å². The summed E-state index contributed by atoms with van der Waals surface area (Å²) in [4.78, 5) is 50.0. The molecule has 0 atom stereocenters. The average Bonchev–Trinajstić information content (AvgIpc) is 2.74. The first-order chi connectivity index (χ1) is 14.8. The van der Waals surface area contributed by atoms with Crippen LogP contribution in [0.3, 0.4) is 0 Å². The van der Waals surface area contributed by atoms with Crippen LogP contribution in [0.15, 0.2) is 54.6 Å². The molecule has 0 aliphatic rings. The number of nitrogens with one attached hydrogen (secondary N) is 1. The third-order valence-corrected chi connectivity index (χ3v) is 4.59. The van der Waals surface area contributed by atoms with E-state index >= 15 is 0 Å². The highest BCUT2D eigenvalue weighted by Gasteiger charge is 2.51. The minimum Gasteiger partial charge on any atom is -0.464 e. The summed E-state index contributed by atoms with van der Waals surface area (Å²) in [6.07, 6.45) is 0.0963. The number of hydrogen-bond acceptors (Lipinski definition) is 6. The number of rotatable bonds is 10. The first kappa shape index (κ1) is 23.8. The molecule has 0 saturated heterocycles. The Kier molecular flexibility index (Phi) is 8.49. The van der Waals surface area contributed by atoms with Gasteiger partial charge in [0.05, 0.1) is 19.6 Å². The van der Waals surface area contributed by atoms with Gasteiger partial charge >= 0.3 is 11.9 Å². The molecule has 7 heteroatoms. The van der Waals surface area contributed by atoms with Gasteiger partial charge in [0.25, 0.3) is 0 Å². The van der Waals surface area contributed by atoms with Crippen molar-refractivity contribution in [3.63, 3.8) is 0 Å². The van der Waals surface area contributed by atoms with E-state index in [4.69, 9.17) is 9.47 Å². The Balaban J connectivity index is 2.28. The fourth-order valence-electron chi connectivity index (χ4n) is 3.17. The van der Waals surface area contributed by atoms with Crippen molar-refractivity contribution in [2.45, 2.75) is 39.2 Å². The van der Waals surface area contributed by atoms with Gasteiger partial charge in [-0.05, 0) is 31.4 Å². The lowest BCUT2D eigenvalue weighted by Crippen LogP contribution is -2.62. The molecule has 2 rings (SSSR count). The fraction of sp³-hybridized carbons (Fsp3) is 0.333. The molecule has 1 N–H and O–H groups in total. The average molecular weight is 425 g/mol. The second kappa shape index (κ2) is 11.1. The second-order valence-corrected chi connectivity index (χ2v) is 6.99. The number of hydrogen-bond donors (Lipinski definition) is 1. The monoisotopic (exact) mass is 425 g/mol. The van der Waals surface area contributed by atoms with Crippen molar-refractivity contribution in [3.05, 3.63) is 71.3 Å². The fourth-order valence-corrected chi connectivity index (χ4v) is 3.17. The minimum absolute atomic E-state index is 0.0258. The maximum atomic E-state index is 13.0. The first-order valence-corrected chi connectivity index (χ1v) is 10.1. The first-order valence-electron chi connectivity index (χ1n) is 10.1. The molecule has 2 aromatic rings. The van der Waals surface area contributed by atoms with E-state index in [9.17, 15) is 19.2 Å². The lowest BCUT2D eigenvalue weighted by Gasteiger charge is -2.29.